The highest BCUT2D eigenvalue weighted by molar-refractivity contribution is 7.00. The molecule has 0 bridgehead atoms. The van der Waals surface area contributed by atoms with Crippen LogP contribution in [0.2, 0.25) is 10.1 Å². The van der Waals surface area contributed by atoms with E-state index in [1.807, 2.05) is 65.8 Å². The van der Waals surface area contributed by atoms with E-state index in [1.165, 1.54) is 10.4 Å². The number of nitrogens with zero attached hydrogens (tertiary/aromatic N) is 1. The molecule has 0 spiro atoms. The van der Waals surface area contributed by atoms with Crippen molar-refractivity contribution in [1.82, 2.24) is 4.98 Å². The second-order valence-electron chi connectivity index (χ2n) is 21.4. The number of oxazole rings is 1. The number of aliphatic hydroxyl groups excluding tert-OH is 1. The van der Waals surface area contributed by atoms with Crippen LogP contribution in [0.3, 0.4) is 0 Å². The Hall–Kier alpha value is -4.47. The molecule has 6 rings (SSSR count). The number of hydrogen-bond acceptors (Lipinski definition) is 9. The van der Waals surface area contributed by atoms with Gasteiger partial charge in [0, 0.05) is 12.8 Å². The van der Waals surface area contributed by atoms with Crippen molar-refractivity contribution in [2.75, 3.05) is 6.61 Å². The van der Waals surface area contributed by atoms with Gasteiger partial charge in [0.25, 0.3) is 16.6 Å². The molecule has 9 nitrogen and oxygen atoms in total. The summed E-state index contributed by atoms with van der Waals surface area (Å²) in [5, 5.41) is 15.9. The second-order valence-corrected chi connectivity index (χ2v) is 30.0. The molecule has 1 aromatic heterocycles. The molecule has 1 N–H and O–H groups in total. The largest absolute Gasteiger partial charge is 0.461 e. The monoisotopic (exact) mass is 931 g/mol. The Balaban J connectivity index is 1.25. The van der Waals surface area contributed by atoms with E-state index in [-0.39, 0.29) is 41.8 Å². The zero-order valence-electron chi connectivity index (χ0n) is 41.3. The van der Waals surface area contributed by atoms with Crippen LogP contribution >= 0.6 is 0 Å². The van der Waals surface area contributed by atoms with Crippen LogP contribution in [-0.2, 0) is 40.9 Å². The van der Waals surface area contributed by atoms with Crippen molar-refractivity contribution in [3.8, 4) is 0 Å². The summed E-state index contributed by atoms with van der Waals surface area (Å²) in [6, 6.07) is 42.1. The Bertz CT molecular complexity index is 2250. The lowest BCUT2D eigenvalue weighted by Crippen LogP contribution is -2.68. The van der Waals surface area contributed by atoms with Crippen LogP contribution in [0.4, 0.5) is 0 Å². The van der Waals surface area contributed by atoms with E-state index < -0.39 is 46.1 Å². The number of aliphatic hydroxyl groups is 1. The Morgan fingerprint density at radius 1 is 0.758 bits per heavy atom. The van der Waals surface area contributed by atoms with Crippen LogP contribution in [0.15, 0.2) is 144 Å². The van der Waals surface area contributed by atoms with Gasteiger partial charge in [-0.15, -0.1) is 0 Å². The van der Waals surface area contributed by atoms with Gasteiger partial charge >= 0.3 is 5.97 Å². The smallest absolute Gasteiger partial charge is 0.311 e. The lowest BCUT2D eigenvalue weighted by molar-refractivity contribution is -0.311. The first-order valence-corrected chi connectivity index (χ1v) is 27.2. The molecule has 2 heterocycles. The van der Waals surface area contributed by atoms with E-state index in [1.54, 1.807) is 6.26 Å². The molecule has 4 atom stereocenters. The molecule has 1 unspecified atom stereocenters. The van der Waals surface area contributed by atoms with Crippen LogP contribution in [0.25, 0.3) is 0 Å². The lowest BCUT2D eigenvalue weighted by Gasteiger charge is -2.48. The van der Waals surface area contributed by atoms with E-state index in [4.69, 9.17) is 32.5 Å². The predicted octanol–water partition coefficient (Wildman–Crippen LogP) is 9.44. The van der Waals surface area contributed by atoms with Crippen molar-refractivity contribution in [3.05, 3.63) is 151 Å². The van der Waals surface area contributed by atoms with E-state index >= 15 is 0 Å². The van der Waals surface area contributed by atoms with Gasteiger partial charge in [-0.2, -0.15) is 0 Å². The summed E-state index contributed by atoms with van der Waals surface area (Å²) >= 11 is 0. The fourth-order valence-corrected chi connectivity index (χ4v) is 18.5. The van der Waals surface area contributed by atoms with Gasteiger partial charge in [0.15, 0.2) is 11.7 Å². The minimum Gasteiger partial charge on any atom is -0.461 e. The van der Waals surface area contributed by atoms with E-state index in [9.17, 15) is 9.90 Å². The summed E-state index contributed by atoms with van der Waals surface area (Å²) in [4.78, 5) is 17.7. The maximum Gasteiger partial charge on any atom is 0.311 e. The number of rotatable bonds is 17. The Labute approximate surface area is 396 Å². The standard InChI is InChI=1S/C55H73NO8Si2/c1-40(37-60-51(58)52(2,3)4)33-49(64-66(54(8,9)10,46-29-21-15-22-30-46)47-31-23-16-24-32-47)48-36-43(62-55(11,12)63-48)34-42(57)35-50-56-41(38-59-50)39-61-65(53(5,6)7,44-25-17-13-18-26-44)45-27-19-14-20-28-45/h13-33,38,42-43,48-49,57H,34-37,39H2,1-12H3/b40-33+/t42?,43-,48+,49+/m0/s1. The first-order valence-electron chi connectivity index (χ1n) is 23.4. The molecule has 0 saturated carbocycles. The van der Waals surface area contributed by atoms with E-state index in [2.05, 4.69) is 145 Å². The summed E-state index contributed by atoms with van der Waals surface area (Å²) in [5.41, 5.74) is 0.879. The zero-order valence-corrected chi connectivity index (χ0v) is 43.3. The molecule has 11 heteroatoms. The van der Waals surface area contributed by atoms with Crippen molar-refractivity contribution in [3.63, 3.8) is 0 Å². The molecule has 354 valence electrons. The average molecular weight is 932 g/mol. The topological polar surface area (TPSA) is 109 Å². The summed E-state index contributed by atoms with van der Waals surface area (Å²) in [5.74, 6) is -0.848. The Kier molecular flexibility index (Phi) is 16.1. The molecule has 5 aromatic rings. The highest BCUT2D eigenvalue weighted by Gasteiger charge is 2.54. The van der Waals surface area contributed by atoms with E-state index in [0.29, 0.717) is 24.4 Å². The molecular formula is C55H73NO8Si2. The number of aromatic nitrogens is 1. The Morgan fingerprint density at radius 3 is 1.68 bits per heavy atom. The lowest BCUT2D eigenvalue weighted by atomic mass is 9.97. The SMILES string of the molecule is C/C(=C\[C@@H](O[Si](c1ccccc1)(c1ccccc1)C(C)(C)C)[C@H]1C[C@H](CC(O)Cc2nc(CO[Si](c3ccccc3)(c3ccccc3)C(C)(C)C)co2)OC(C)(C)O1)COC(=O)C(C)(C)C. The Morgan fingerprint density at radius 2 is 1.23 bits per heavy atom. The molecule has 0 aliphatic carbocycles. The van der Waals surface area contributed by atoms with Crippen LogP contribution < -0.4 is 20.7 Å². The van der Waals surface area contributed by atoms with Gasteiger partial charge in [0.05, 0.1) is 42.9 Å². The number of carbonyl (C=O) groups is 1. The fraction of sp³-hybridized carbons (Fsp3) is 0.455. The third-order valence-corrected chi connectivity index (χ3v) is 22.4. The first kappa shape index (κ1) is 50.9. The molecule has 0 radical (unpaired) electrons. The van der Waals surface area contributed by atoms with Crippen LogP contribution in [-0.4, -0.2) is 69.5 Å². The number of hydrogen-bond donors (Lipinski definition) is 1. The van der Waals surface area contributed by atoms with Gasteiger partial charge in [-0.1, -0.05) is 169 Å². The molecule has 4 aromatic carbocycles. The van der Waals surface area contributed by atoms with Gasteiger partial charge in [-0.3, -0.25) is 4.79 Å². The van der Waals surface area contributed by atoms with E-state index in [0.717, 1.165) is 15.9 Å². The molecule has 1 aliphatic rings. The fourth-order valence-electron chi connectivity index (χ4n) is 9.37. The van der Waals surface area contributed by atoms with Crippen LogP contribution in [0.5, 0.6) is 0 Å². The number of carbonyl (C=O) groups excluding carboxylic acids is 1. The van der Waals surface area contributed by atoms with Gasteiger partial charge in [-0.25, -0.2) is 4.98 Å². The molecule has 66 heavy (non-hydrogen) atoms. The average Bonchev–Trinajstić information content (AvgIpc) is 3.70. The summed E-state index contributed by atoms with van der Waals surface area (Å²) in [6.45, 7) is 25.2. The van der Waals surface area contributed by atoms with Gasteiger partial charge < -0.3 is 32.6 Å². The number of benzene rings is 4. The van der Waals surface area contributed by atoms with Gasteiger partial charge in [0.1, 0.15) is 18.6 Å². The van der Waals surface area contributed by atoms with Crippen molar-refractivity contribution in [2.45, 2.75) is 149 Å². The maximum atomic E-state index is 12.9. The maximum absolute atomic E-state index is 12.9. The van der Waals surface area contributed by atoms with Crippen LogP contribution in [0.1, 0.15) is 108 Å². The quantitative estimate of drug-likeness (QED) is 0.0555. The number of esters is 1. The first-order chi connectivity index (χ1) is 31.0. The van der Waals surface area contributed by atoms with Crippen molar-refractivity contribution in [2.24, 2.45) is 5.41 Å². The van der Waals surface area contributed by atoms with Crippen LogP contribution in [0, 0.1) is 5.41 Å². The summed E-state index contributed by atoms with van der Waals surface area (Å²) in [7, 11) is -5.91. The van der Waals surface area contributed by atoms with Crippen molar-refractivity contribution >= 4 is 43.4 Å². The number of ether oxygens (including phenoxy) is 3. The van der Waals surface area contributed by atoms with Gasteiger partial charge in [0.2, 0.25) is 0 Å². The zero-order chi connectivity index (χ0) is 48.0. The molecular weight excluding hydrogens is 859 g/mol. The second kappa shape index (κ2) is 20.8. The molecule has 1 aliphatic heterocycles. The minimum atomic E-state index is -3.11. The minimum absolute atomic E-state index is 0.118. The summed E-state index contributed by atoms with van der Waals surface area (Å²) in [6.07, 6.45) is 2.41. The molecule has 1 fully saturated rings. The van der Waals surface area contributed by atoms with Crippen molar-refractivity contribution in [1.29, 1.82) is 0 Å². The normalized spacial score (nSPS) is 18.4. The third-order valence-electron chi connectivity index (χ3n) is 12.4. The third kappa shape index (κ3) is 12.0. The molecule has 1 saturated heterocycles. The highest BCUT2D eigenvalue weighted by Crippen LogP contribution is 2.41. The van der Waals surface area contributed by atoms with Crippen molar-refractivity contribution < 1.29 is 37.4 Å². The van der Waals surface area contributed by atoms with Gasteiger partial charge in [-0.05, 0) is 77.9 Å². The summed E-state index contributed by atoms with van der Waals surface area (Å²) < 4.78 is 40.1. The molecule has 0 amide bonds. The predicted molar refractivity (Wildman–Crippen MR) is 268 cm³/mol. The highest BCUT2D eigenvalue weighted by atomic mass is 28.4.